The molecule has 0 aromatic carbocycles. The Hall–Kier alpha value is -2.02. The summed E-state index contributed by atoms with van der Waals surface area (Å²) < 4.78 is 1.73. The van der Waals surface area contributed by atoms with E-state index in [0.717, 1.165) is 18.1 Å². The van der Waals surface area contributed by atoms with Crippen LogP contribution in [0.4, 0.5) is 5.69 Å². The van der Waals surface area contributed by atoms with Gasteiger partial charge in [-0.3, -0.25) is 4.57 Å². The van der Waals surface area contributed by atoms with Gasteiger partial charge in [0.05, 0.1) is 11.9 Å². The maximum absolute atomic E-state index is 5.07. The predicted octanol–water partition coefficient (Wildman–Crippen LogP) is 0.969. The molecule has 2 heterocycles. The van der Waals surface area contributed by atoms with E-state index in [9.17, 15) is 0 Å². The molecule has 2 aromatic rings. The molecule has 0 saturated carbocycles. The summed E-state index contributed by atoms with van der Waals surface area (Å²) in [5.74, 6) is 0.759. The van der Waals surface area contributed by atoms with Crippen LogP contribution in [0.1, 0.15) is 6.92 Å². The van der Waals surface area contributed by atoms with Crippen LogP contribution in [0, 0.1) is 0 Å². The Kier molecular flexibility index (Phi) is 3.61. The lowest BCUT2D eigenvalue weighted by molar-refractivity contribution is 0.976. The molecule has 17 heavy (non-hydrogen) atoms. The minimum absolute atomic E-state index is 0.589. The Morgan fingerprint density at radius 2 is 2.12 bits per heavy atom. The normalized spacial score (nSPS) is 9.94. The number of hydrogen-bond acceptors (Lipinski definition) is 4. The summed E-state index contributed by atoms with van der Waals surface area (Å²) in [5.41, 5.74) is 0.841. The number of nitrogens with one attached hydrogen (secondary N) is 2. The highest BCUT2D eigenvalue weighted by molar-refractivity contribution is 7.80. The smallest absolute Gasteiger partial charge is 0.170 e. The van der Waals surface area contributed by atoms with Crippen LogP contribution in [0.15, 0.2) is 31.0 Å². The number of rotatable bonds is 3. The largest absolute Gasteiger partial charge is 0.363 e. The van der Waals surface area contributed by atoms with E-state index in [-0.39, 0.29) is 0 Å². The highest BCUT2D eigenvalue weighted by Gasteiger charge is 1.99. The van der Waals surface area contributed by atoms with Gasteiger partial charge in [0.2, 0.25) is 0 Å². The van der Waals surface area contributed by atoms with Gasteiger partial charge in [-0.15, -0.1) is 10.2 Å². The van der Waals surface area contributed by atoms with Gasteiger partial charge in [0, 0.05) is 6.54 Å². The molecule has 7 heteroatoms. The van der Waals surface area contributed by atoms with Gasteiger partial charge >= 0.3 is 0 Å². The monoisotopic (exact) mass is 248 g/mol. The first-order valence-electron chi connectivity index (χ1n) is 5.15. The van der Waals surface area contributed by atoms with Crippen molar-refractivity contribution in [3.8, 4) is 5.82 Å². The highest BCUT2D eigenvalue weighted by atomic mass is 32.1. The third-order valence-corrected chi connectivity index (χ3v) is 2.27. The van der Waals surface area contributed by atoms with Crippen molar-refractivity contribution in [2.45, 2.75) is 6.92 Å². The SMILES string of the molecule is CCNC(=S)Nc1ccc(-n2cnnc2)nc1. The second-order valence-electron chi connectivity index (χ2n) is 3.26. The molecule has 2 aromatic heterocycles. The number of thiocarbonyl (C=S) groups is 1. The molecule has 0 unspecified atom stereocenters. The molecule has 0 fully saturated rings. The van der Waals surface area contributed by atoms with Crippen LogP contribution in [0.2, 0.25) is 0 Å². The second-order valence-corrected chi connectivity index (χ2v) is 3.67. The number of anilines is 1. The van der Waals surface area contributed by atoms with Gasteiger partial charge in [0.15, 0.2) is 5.11 Å². The minimum Gasteiger partial charge on any atom is -0.363 e. The Bertz CT molecular complexity index is 478. The van der Waals surface area contributed by atoms with Crippen LogP contribution in [-0.2, 0) is 0 Å². The first-order chi connectivity index (χ1) is 8.29. The van der Waals surface area contributed by atoms with Crippen LogP contribution in [0.3, 0.4) is 0 Å². The maximum atomic E-state index is 5.07. The van der Waals surface area contributed by atoms with Crippen molar-refractivity contribution in [1.29, 1.82) is 0 Å². The molecule has 0 aliphatic rings. The summed E-state index contributed by atoms with van der Waals surface area (Å²) in [7, 11) is 0. The molecule has 0 aliphatic carbocycles. The van der Waals surface area contributed by atoms with E-state index in [2.05, 4.69) is 25.8 Å². The van der Waals surface area contributed by atoms with Gasteiger partial charge in [-0.2, -0.15) is 0 Å². The van der Waals surface area contributed by atoms with Crippen LogP contribution in [-0.4, -0.2) is 31.4 Å². The Morgan fingerprint density at radius 3 is 2.71 bits per heavy atom. The molecule has 0 radical (unpaired) electrons. The molecule has 0 atom stereocenters. The zero-order valence-electron chi connectivity index (χ0n) is 9.29. The second kappa shape index (κ2) is 5.35. The van der Waals surface area contributed by atoms with Crippen molar-refractivity contribution in [1.82, 2.24) is 25.1 Å². The summed E-state index contributed by atoms with van der Waals surface area (Å²) in [6.07, 6.45) is 4.90. The first kappa shape index (κ1) is 11.5. The standard InChI is InChI=1S/C10H12N6S/c1-2-11-10(17)15-8-3-4-9(12-5-8)16-6-13-14-7-16/h3-7H,2H2,1H3,(H2,11,15,17). The van der Waals surface area contributed by atoms with Gasteiger partial charge in [-0.1, -0.05) is 0 Å². The van der Waals surface area contributed by atoms with Crippen LogP contribution < -0.4 is 10.6 Å². The predicted molar refractivity (Wildman–Crippen MR) is 69.1 cm³/mol. The molecule has 0 aliphatic heterocycles. The number of nitrogens with zero attached hydrogens (tertiary/aromatic N) is 4. The van der Waals surface area contributed by atoms with Crippen molar-refractivity contribution >= 4 is 23.0 Å². The summed E-state index contributed by atoms with van der Waals surface area (Å²) in [6, 6.07) is 3.76. The lowest BCUT2D eigenvalue weighted by Crippen LogP contribution is -2.27. The molecule has 2 N–H and O–H groups in total. The quantitative estimate of drug-likeness (QED) is 0.789. The van der Waals surface area contributed by atoms with Crippen molar-refractivity contribution in [2.75, 3.05) is 11.9 Å². The van der Waals surface area contributed by atoms with E-state index in [4.69, 9.17) is 12.2 Å². The van der Waals surface area contributed by atoms with Gasteiger partial charge in [0.1, 0.15) is 18.5 Å². The molecule has 0 amide bonds. The van der Waals surface area contributed by atoms with Crippen molar-refractivity contribution in [2.24, 2.45) is 0 Å². The van der Waals surface area contributed by atoms with E-state index in [0.29, 0.717) is 5.11 Å². The van der Waals surface area contributed by atoms with Crippen LogP contribution >= 0.6 is 12.2 Å². The topological polar surface area (TPSA) is 67.7 Å². The third-order valence-electron chi connectivity index (χ3n) is 2.03. The molecular weight excluding hydrogens is 236 g/mol. The summed E-state index contributed by atoms with van der Waals surface area (Å²) in [5, 5.41) is 14.1. The number of pyridine rings is 1. The Morgan fingerprint density at radius 1 is 1.35 bits per heavy atom. The van der Waals surface area contributed by atoms with Crippen molar-refractivity contribution in [3.05, 3.63) is 31.0 Å². The molecule has 88 valence electrons. The maximum Gasteiger partial charge on any atom is 0.170 e. The summed E-state index contributed by atoms with van der Waals surface area (Å²) >= 11 is 5.07. The van der Waals surface area contributed by atoms with E-state index in [1.807, 2.05) is 19.1 Å². The summed E-state index contributed by atoms with van der Waals surface area (Å²) in [4.78, 5) is 4.27. The van der Waals surface area contributed by atoms with E-state index < -0.39 is 0 Å². The molecule has 0 bridgehead atoms. The molecule has 0 saturated heterocycles. The summed E-state index contributed by atoms with van der Waals surface area (Å²) in [6.45, 7) is 2.78. The zero-order valence-corrected chi connectivity index (χ0v) is 10.1. The van der Waals surface area contributed by atoms with Gasteiger partial charge in [0.25, 0.3) is 0 Å². The fourth-order valence-electron chi connectivity index (χ4n) is 1.27. The average molecular weight is 248 g/mol. The first-order valence-corrected chi connectivity index (χ1v) is 5.56. The fourth-order valence-corrected chi connectivity index (χ4v) is 1.53. The zero-order chi connectivity index (χ0) is 12.1. The number of hydrogen-bond donors (Lipinski definition) is 2. The van der Waals surface area contributed by atoms with Crippen LogP contribution in [0.25, 0.3) is 5.82 Å². The van der Waals surface area contributed by atoms with Crippen molar-refractivity contribution < 1.29 is 0 Å². The Labute approximate surface area is 104 Å². The minimum atomic E-state index is 0.589. The fraction of sp³-hybridized carbons (Fsp3) is 0.200. The lowest BCUT2D eigenvalue weighted by Gasteiger charge is -2.08. The highest BCUT2D eigenvalue weighted by Crippen LogP contribution is 2.08. The third kappa shape index (κ3) is 2.97. The lowest BCUT2D eigenvalue weighted by atomic mass is 10.4. The van der Waals surface area contributed by atoms with E-state index in [1.54, 1.807) is 23.4 Å². The van der Waals surface area contributed by atoms with Crippen molar-refractivity contribution in [3.63, 3.8) is 0 Å². The molecule has 0 spiro atoms. The van der Waals surface area contributed by atoms with Gasteiger partial charge in [-0.25, -0.2) is 4.98 Å². The van der Waals surface area contributed by atoms with Gasteiger partial charge in [-0.05, 0) is 31.3 Å². The Balaban J connectivity index is 2.06. The number of aromatic nitrogens is 4. The van der Waals surface area contributed by atoms with Crippen LogP contribution in [0.5, 0.6) is 0 Å². The average Bonchev–Trinajstić information content (AvgIpc) is 2.84. The van der Waals surface area contributed by atoms with E-state index in [1.165, 1.54) is 0 Å². The molecular formula is C10H12N6S. The molecule has 6 nitrogen and oxygen atoms in total. The van der Waals surface area contributed by atoms with Gasteiger partial charge < -0.3 is 10.6 Å². The molecule has 2 rings (SSSR count). The van der Waals surface area contributed by atoms with E-state index >= 15 is 0 Å².